The number of ether oxygens (including phenoxy) is 1. The van der Waals surface area contributed by atoms with Crippen LogP contribution >= 0.6 is 0 Å². The molecule has 2 N–H and O–H groups in total. The van der Waals surface area contributed by atoms with Gasteiger partial charge in [0.15, 0.2) is 5.82 Å². The van der Waals surface area contributed by atoms with E-state index in [0.29, 0.717) is 42.4 Å². The van der Waals surface area contributed by atoms with Gasteiger partial charge in [0.2, 0.25) is 5.91 Å². The van der Waals surface area contributed by atoms with E-state index in [0.717, 1.165) is 54.4 Å². The van der Waals surface area contributed by atoms with Crippen LogP contribution in [-0.4, -0.2) is 55.3 Å². The molecule has 0 aliphatic heterocycles. The van der Waals surface area contributed by atoms with Crippen LogP contribution in [0.15, 0.2) is 30.5 Å². The SMILES string of the molecule is Cc1nn(COCC[Si](C)(C)C)c(C)c1-c1ccc(NC(=O)C(c2nc(-c3ccnn3C(C)C)n[nH]2)C(C2CC2)C2CC2)c(F)c1. The molecule has 3 heterocycles. The molecule has 46 heavy (non-hydrogen) atoms. The standard InChI is InChI=1S/C34H47FN8O2Si/c1-20(2)43-28(14-15-36-43)32-38-33(40-39-32)31(30(23-8-9-23)24-10-11-24)34(44)37-27-13-12-25(18-26(27)35)29-21(3)41-42(22(29)4)19-45-16-17-46(5,6)7/h12-15,18,20,23-24,30-31H,8-11,16-17,19H2,1-7H3,(H,37,44)(H,38,39,40). The molecule has 4 aromatic rings. The third kappa shape index (κ3) is 7.02. The van der Waals surface area contributed by atoms with Gasteiger partial charge in [0.25, 0.3) is 0 Å². The Labute approximate surface area is 271 Å². The first-order chi connectivity index (χ1) is 21.9. The van der Waals surface area contributed by atoms with Crippen LogP contribution in [0.25, 0.3) is 22.6 Å². The van der Waals surface area contributed by atoms with Crippen molar-refractivity contribution in [1.29, 1.82) is 0 Å². The minimum absolute atomic E-state index is 0.137. The Morgan fingerprint density at radius 3 is 2.48 bits per heavy atom. The van der Waals surface area contributed by atoms with Crippen molar-refractivity contribution < 1.29 is 13.9 Å². The molecule has 246 valence electrons. The van der Waals surface area contributed by atoms with Gasteiger partial charge in [-0.15, -0.1) is 0 Å². The third-order valence-corrected chi connectivity index (χ3v) is 11.0. The summed E-state index contributed by atoms with van der Waals surface area (Å²) in [5, 5.41) is 19.6. The summed E-state index contributed by atoms with van der Waals surface area (Å²) in [5.74, 6) is 0.798. The summed E-state index contributed by atoms with van der Waals surface area (Å²) in [6.07, 6.45) is 6.14. The number of nitrogens with zero attached hydrogens (tertiary/aromatic N) is 6. The lowest BCUT2D eigenvalue weighted by atomic mass is 9.82. The molecular weight excluding hydrogens is 600 g/mol. The second kappa shape index (κ2) is 12.9. The molecule has 1 unspecified atom stereocenters. The molecule has 12 heteroatoms. The maximum atomic E-state index is 15.7. The fourth-order valence-corrected chi connectivity index (χ4v) is 7.31. The number of aromatic nitrogens is 7. The predicted molar refractivity (Wildman–Crippen MR) is 179 cm³/mol. The van der Waals surface area contributed by atoms with Gasteiger partial charge in [-0.1, -0.05) is 25.7 Å². The molecule has 2 aliphatic carbocycles. The first-order valence-corrected chi connectivity index (χ1v) is 20.3. The lowest BCUT2D eigenvalue weighted by Gasteiger charge is -2.25. The number of aryl methyl sites for hydroxylation is 1. The number of hydrogen-bond donors (Lipinski definition) is 2. The first kappa shape index (κ1) is 32.3. The van der Waals surface area contributed by atoms with E-state index in [4.69, 9.17) is 9.72 Å². The Balaban J connectivity index is 1.22. The van der Waals surface area contributed by atoms with Gasteiger partial charge in [0.1, 0.15) is 30.0 Å². The molecule has 3 aromatic heterocycles. The Bertz CT molecular complexity index is 1680. The highest BCUT2D eigenvalue weighted by atomic mass is 28.3. The minimum atomic E-state index is -1.18. The molecule has 0 bridgehead atoms. The zero-order chi connectivity index (χ0) is 32.7. The van der Waals surface area contributed by atoms with Crippen LogP contribution in [0.1, 0.15) is 68.7 Å². The molecule has 0 saturated heterocycles. The molecule has 1 atom stereocenters. The fraction of sp³-hybridized carbons (Fsp3) is 0.559. The van der Waals surface area contributed by atoms with E-state index in [1.165, 1.54) is 6.07 Å². The van der Waals surface area contributed by atoms with Crippen molar-refractivity contribution in [2.75, 3.05) is 11.9 Å². The number of nitrogens with one attached hydrogen (secondary N) is 2. The van der Waals surface area contributed by atoms with Gasteiger partial charge in [-0.3, -0.25) is 14.6 Å². The van der Waals surface area contributed by atoms with Crippen molar-refractivity contribution >= 4 is 19.7 Å². The topological polar surface area (TPSA) is 116 Å². The molecular formula is C34H47FN8O2Si. The number of amides is 1. The smallest absolute Gasteiger partial charge is 0.235 e. The Morgan fingerprint density at radius 1 is 1.13 bits per heavy atom. The van der Waals surface area contributed by atoms with Gasteiger partial charge in [0.05, 0.1) is 11.4 Å². The molecule has 2 fully saturated rings. The van der Waals surface area contributed by atoms with Gasteiger partial charge >= 0.3 is 0 Å². The summed E-state index contributed by atoms with van der Waals surface area (Å²) in [4.78, 5) is 18.9. The quantitative estimate of drug-likeness (QED) is 0.109. The minimum Gasteiger partial charge on any atom is -0.360 e. The second-order valence-corrected chi connectivity index (χ2v) is 20.2. The van der Waals surface area contributed by atoms with Crippen LogP contribution in [-0.2, 0) is 16.3 Å². The van der Waals surface area contributed by atoms with E-state index in [-0.39, 0.29) is 23.6 Å². The van der Waals surface area contributed by atoms with Gasteiger partial charge in [0, 0.05) is 38.2 Å². The van der Waals surface area contributed by atoms with Crippen molar-refractivity contribution in [3.05, 3.63) is 53.5 Å². The fourth-order valence-electron chi connectivity index (χ4n) is 6.56. The van der Waals surface area contributed by atoms with Crippen molar-refractivity contribution in [2.24, 2.45) is 17.8 Å². The monoisotopic (exact) mass is 646 g/mol. The number of carbonyl (C=O) groups is 1. The Hall–Kier alpha value is -3.64. The van der Waals surface area contributed by atoms with Crippen molar-refractivity contribution in [3.63, 3.8) is 0 Å². The Kier molecular flexibility index (Phi) is 9.03. The summed E-state index contributed by atoms with van der Waals surface area (Å²) < 4.78 is 25.4. The number of halogens is 1. The van der Waals surface area contributed by atoms with Gasteiger partial charge in [-0.25, -0.2) is 14.1 Å². The zero-order valence-corrected chi connectivity index (χ0v) is 29.1. The predicted octanol–water partition coefficient (Wildman–Crippen LogP) is 7.34. The van der Waals surface area contributed by atoms with Crippen molar-refractivity contribution in [1.82, 2.24) is 34.7 Å². The van der Waals surface area contributed by atoms with Gasteiger partial charge < -0.3 is 10.1 Å². The molecule has 1 aromatic carbocycles. The number of rotatable bonds is 14. The second-order valence-electron chi connectivity index (χ2n) is 14.6. The van der Waals surface area contributed by atoms with Crippen LogP contribution in [0.2, 0.25) is 25.7 Å². The summed E-state index contributed by atoms with van der Waals surface area (Å²) in [7, 11) is -1.18. The van der Waals surface area contributed by atoms with E-state index in [9.17, 15) is 4.79 Å². The van der Waals surface area contributed by atoms with Crippen molar-refractivity contribution in [3.8, 4) is 22.6 Å². The molecule has 2 aliphatic rings. The van der Waals surface area contributed by atoms with Gasteiger partial charge in [-0.05, 0) is 101 Å². The highest BCUT2D eigenvalue weighted by Gasteiger charge is 2.49. The summed E-state index contributed by atoms with van der Waals surface area (Å²) in [6.45, 7) is 16.0. The van der Waals surface area contributed by atoms with Crippen LogP contribution < -0.4 is 5.32 Å². The molecule has 1 amide bonds. The number of aromatic amines is 1. The number of H-pyrrole nitrogens is 1. The molecule has 6 rings (SSSR count). The summed E-state index contributed by atoms with van der Waals surface area (Å²) in [5.41, 5.74) is 4.25. The van der Waals surface area contributed by atoms with E-state index in [1.807, 2.05) is 35.3 Å². The average Bonchev–Trinajstić information content (AvgIpc) is 3.88. The highest BCUT2D eigenvalue weighted by Crippen LogP contribution is 2.54. The van der Waals surface area contributed by atoms with E-state index < -0.39 is 19.8 Å². The van der Waals surface area contributed by atoms with Crippen LogP contribution in [0.4, 0.5) is 10.1 Å². The summed E-state index contributed by atoms with van der Waals surface area (Å²) in [6, 6.07) is 8.08. The zero-order valence-electron chi connectivity index (χ0n) is 28.1. The molecule has 2 saturated carbocycles. The molecule has 0 radical (unpaired) electrons. The third-order valence-electron chi connectivity index (χ3n) is 9.29. The highest BCUT2D eigenvalue weighted by molar-refractivity contribution is 6.76. The van der Waals surface area contributed by atoms with Gasteiger partial charge in [-0.2, -0.15) is 15.3 Å². The largest absolute Gasteiger partial charge is 0.360 e. The number of benzene rings is 1. The van der Waals surface area contributed by atoms with Crippen LogP contribution in [0, 0.1) is 37.4 Å². The van der Waals surface area contributed by atoms with E-state index in [1.54, 1.807) is 12.3 Å². The first-order valence-electron chi connectivity index (χ1n) is 16.6. The molecule has 10 nitrogen and oxygen atoms in total. The lowest BCUT2D eigenvalue weighted by molar-refractivity contribution is -0.119. The Morgan fingerprint density at radius 2 is 1.85 bits per heavy atom. The molecule has 0 spiro atoms. The number of carbonyl (C=O) groups excluding carboxylic acids is 1. The average molecular weight is 647 g/mol. The summed E-state index contributed by atoms with van der Waals surface area (Å²) >= 11 is 0. The van der Waals surface area contributed by atoms with E-state index >= 15 is 4.39 Å². The van der Waals surface area contributed by atoms with Crippen molar-refractivity contribution in [2.45, 2.75) is 97.8 Å². The van der Waals surface area contributed by atoms with E-state index in [2.05, 4.69) is 59.2 Å². The van der Waals surface area contributed by atoms with Crippen LogP contribution in [0.3, 0.4) is 0 Å². The van der Waals surface area contributed by atoms with Crippen LogP contribution in [0.5, 0.6) is 0 Å². The normalized spacial score (nSPS) is 16.0. The lowest BCUT2D eigenvalue weighted by Crippen LogP contribution is -2.31. The number of anilines is 1. The maximum Gasteiger partial charge on any atom is 0.235 e. The number of hydrogen-bond acceptors (Lipinski definition) is 6. The maximum absolute atomic E-state index is 15.7.